The number of carbonyl (C=O) groups excluding carboxylic acids is 1. The van der Waals surface area contributed by atoms with E-state index in [2.05, 4.69) is 0 Å². The number of fused-ring (bicyclic) bond motifs is 1. The topological polar surface area (TPSA) is 46.3 Å². The number of nitrogens with zero attached hydrogens (tertiary/aromatic N) is 1. The van der Waals surface area contributed by atoms with Crippen LogP contribution < -0.4 is 10.6 Å². The van der Waals surface area contributed by atoms with Crippen molar-refractivity contribution in [3.63, 3.8) is 0 Å². The Hall–Kier alpha value is -1.77. The number of rotatable bonds is 1. The van der Waals surface area contributed by atoms with Crippen molar-refractivity contribution in [3.8, 4) is 0 Å². The van der Waals surface area contributed by atoms with Crippen molar-refractivity contribution in [1.29, 1.82) is 0 Å². The van der Waals surface area contributed by atoms with E-state index in [1.54, 1.807) is 6.08 Å². The third-order valence-electron chi connectivity index (χ3n) is 2.97. The van der Waals surface area contributed by atoms with E-state index in [9.17, 15) is 4.79 Å². The molecule has 1 aliphatic heterocycles. The molecule has 0 unspecified atom stereocenters. The summed E-state index contributed by atoms with van der Waals surface area (Å²) in [7, 11) is 0. The number of benzene rings is 1. The number of hydrogen-bond donors (Lipinski definition) is 1. The average Bonchev–Trinajstić information content (AvgIpc) is 2.28. The van der Waals surface area contributed by atoms with Crippen LogP contribution in [0.4, 0.5) is 11.4 Å². The van der Waals surface area contributed by atoms with Crippen LogP contribution >= 0.6 is 0 Å². The van der Waals surface area contributed by atoms with Gasteiger partial charge in [0.15, 0.2) is 0 Å². The van der Waals surface area contributed by atoms with E-state index in [1.807, 2.05) is 36.9 Å². The van der Waals surface area contributed by atoms with Crippen molar-refractivity contribution in [2.45, 2.75) is 26.7 Å². The van der Waals surface area contributed by atoms with Crippen molar-refractivity contribution in [2.75, 3.05) is 17.2 Å². The molecule has 1 heterocycles. The van der Waals surface area contributed by atoms with E-state index in [0.29, 0.717) is 0 Å². The molecule has 0 radical (unpaired) electrons. The van der Waals surface area contributed by atoms with Crippen LogP contribution in [0.3, 0.4) is 0 Å². The molecule has 90 valence electrons. The normalized spacial score (nSPS) is 14.1. The van der Waals surface area contributed by atoms with Crippen LogP contribution in [0.25, 0.3) is 0 Å². The van der Waals surface area contributed by atoms with Gasteiger partial charge in [-0.3, -0.25) is 4.79 Å². The summed E-state index contributed by atoms with van der Waals surface area (Å²) in [5, 5.41) is 0. The minimum atomic E-state index is 0.0524. The molecule has 1 aromatic carbocycles. The number of hydrogen-bond acceptors (Lipinski definition) is 2. The maximum Gasteiger partial charge on any atom is 0.250 e. The highest BCUT2D eigenvalue weighted by molar-refractivity contribution is 6.03. The number of allylic oxidation sites excluding steroid dienone is 1. The Morgan fingerprint density at radius 2 is 2.18 bits per heavy atom. The highest BCUT2D eigenvalue weighted by Gasteiger charge is 2.22. The van der Waals surface area contributed by atoms with Crippen molar-refractivity contribution < 1.29 is 4.79 Å². The first-order chi connectivity index (χ1) is 8.09. The molecule has 0 spiro atoms. The molecule has 1 aromatic rings. The second kappa shape index (κ2) is 4.62. The van der Waals surface area contributed by atoms with Crippen LogP contribution in [-0.2, 0) is 11.2 Å². The molecule has 0 saturated heterocycles. The monoisotopic (exact) mass is 230 g/mol. The SMILES string of the molecule is CC(C)=CC(=O)N1CCCc2c(N)cccc21. The van der Waals surface area contributed by atoms with Gasteiger partial charge in [-0.25, -0.2) is 0 Å². The quantitative estimate of drug-likeness (QED) is 0.595. The van der Waals surface area contributed by atoms with Gasteiger partial charge in [-0.2, -0.15) is 0 Å². The summed E-state index contributed by atoms with van der Waals surface area (Å²) in [4.78, 5) is 13.9. The number of nitrogen functional groups attached to an aromatic ring is 1. The van der Waals surface area contributed by atoms with Crippen LogP contribution in [0, 0.1) is 0 Å². The molecule has 3 heteroatoms. The smallest absolute Gasteiger partial charge is 0.250 e. The second-order valence-corrected chi connectivity index (χ2v) is 4.66. The first kappa shape index (κ1) is 11.7. The molecular weight excluding hydrogens is 212 g/mol. The average molecular weight is 230 g/mol. The highest BCUT2D eigenvalue weighted by atomic mass is 16.2. The van der Waals surface area contributed by atoms with E-state index in [4.69, 9.17) is 5.73 Å². The summed E-state index contributed by atoms with van der Waals surface area (Å²) in [6, 6.07) is 5.78. The molecule has 0 aromatic heterocycles. The lowest BCUT2D eigenvalue weighted by Crippen LogP contribution is -2.34. The fourth-order valence-electron chi connectivity index (χ4n) is 2.21. The van der Waals surface area contributed by atoms with Gasteiger partial charge in [0.05, 0.1) is 0 Å². The molecule has 0 aliphatic carbocycles. The summed E-state index contributed by atoms with van der Waals surface area (Å²) < 4.78 is 0. The Morgan fingerprint density at radius 3 is 2.88 bits per heavy atom. The van der Waals surface area contributed by atoms with Gasteiger partial charge in [0.25, 0.3) is 5.91 Å². The van der Waals surface area contributed by atoms with E-state index in [-0.39, 0.29) is 5.91 Å². The Labute approximate surface area is 102 Å². The third-order valence-corrected chi connectivity index (χ3v) is 2.97. The van der Waals surface area contributed by atoms with E-state index >= 15 is 0 Å². The van der Waals surface area contributed by atoms with Gasteiger partial charge >= 0.3 is 0 Å². The summed E-state index contributed by atoms with van der Waals surface area (Å²) in [6.45, 7) is 4.64. The molecule has 2 rings (SSSR count). The fourth-order valence-corrected chi connectivity index (χ4v) is 2.21. The lowest BCUT2D eigenvalue weighted by Gasteiger charge is -2.29. The maximum atomic E-state index is 12.1. The molecule has 0 atom stereocenters. The molecule has 3 nitrogen and oxygen atoms in total. The third kappa shape index (κ3) is 2.33. The second-order valence-electron chi connectivity index (χ2n) is 4.66. The molecule has 0 bridgehead atoms. The van der Waals surface area contributed by atoms with E-state index < -0.39 is 0 Å². The van der Waals surface area contributed by atoms with Crippen molar-refractivity contribution >= 4 is 17.3 Å². The predicted molar refractivity (Wildman–Crippen MR) is 71.0 cm³/mol. The van der Waals surface area contributed by atoms with Gasteiger partial charge in [0.1, 0.15) is 0 Å². The molecule has 0 saturated carbocycles. The molecule has 0 fully saturated rings. The number of carbonyl (C=O) groups is 1. The number of nitrogens with two attached hydrogens (primary N) is 1. The summed E-state index contributed by atoms with van der Waals surface area (Å²) in [5.41, 5.74) is 9.84. The lowest BCUT2D eigenvalue weighted by atomic mass is 9.99. The maximum absolute atomic E-state index is 12.1. The van der Waals surface area contributed by atoms with Crippen LogP contribution in [0.2, 0.25) is 0 Å². The van der Waals surface area contributed by atoms with Crippen molar-refractivity contribution in [2.24, 2.45) is 0 Å². The molecule has 1 aliphatic rings. The lowest BCUT2D eigenvalue weighted by molar-refractivity contribution is -0.114. The zero-order chi connectivity index (χ0) is 12.4. The van der Waals surface area contributed by atoms with Crippen LogP contribution in [-0.4, -0.2) is 12.5 Å². The minimum Gasteiger partial charge on any atom is -0.398 e. The molecule has 1 amide bonds. The standard InChI is InChI=1S/C14H18N2O/c1-10(2)9-14(17)16-8-4-5-11-12(15)6-3-7-13(11)16/h3,6-7,9H,4-5,8,15H2,1-2H3. The summed E-state index contributed by atoms with van der Waals surface area (Å²) in [5.74, 6) is 0.0524. The predicted octanol–water partition coefficient (Wildman–Crippen LogP) is 2.51. The first-order valence-corrected chi connectivity index (χ1v) is 5.93. The van der Waals surface area contributed by atoms with Crippen LogP contribution in [0.1, 0.15) is 25.8 Å². The highest BCUT2D eigenvalue weighted by Crippen LogP contribution is 2.31. The van der Waals surface area contributed by atoms with Crippen molar-refractivity contribution in [3.05, 3.63) is 35.4 Å². The summed E-state index contributed by atoms with van der Waals surface area (Å²) >= 11 is 0. The van der Waals surface area contributed by atoms with Gasteiger partial charge in [-0.05, 0) is 44.4 Å². The van der Waals surface area contributed by atoms with E-state index in [1.165, 1.54) is 0 Å². The Balaban J connectivity index is 2.38. The number of amides is 1. The van der Waals surface area contributed by atoms with E-state index in [0.717, 1.165) is 41.9 Å². The fraction of sp³-hybridized carbons (Fsp3) is 0.357. The summed E-state index contributed by atoms with van der Waals surface area (Å²) in [6.07, 6.45) is 3.61. The van der Waals surface area contributed by atoms with Gasteiger partial charge in [-0.1, -0.05) is 11.6 Å². The largest absolute Gasteiger partial charge is 0.398 e. The van der Waals surface area contributed by atoms with Crippen LogP contribution in [0.5, 0.6) is 0 Å². The zero-order valence-electron chi connectivity index (χ0n) is 10.4. The molecular formula is C14H18N2O. The van der Waals surface area contributed by atoms with Gasteiger partial charge < -0.3 is 10.6 Å². The number of anilines is 2. The minimum absolute atomic E-state index is 0.0524. The van der Waals surface area contributed by atoms with Gasteiger partial charge in [0, 0.05) is 24.0 Å². The molecule has 2 N–H and O–H groups in total. The van der Waals surface area contributed by atoms with Gasteiger partial charge in [0.2, 0.25) is 0 Å². The Kier molecular flexibility index (Phi) is 3.18. The van der Waals surface area contributed by atoms with Crippen LogP contribution in [0.15, 0.2) is 29.8 Å². The Bertz CT molecular complexity index is 473. The zero-order valence-corrected chi connectivity index (χ0v) is 10.4. The van der Waals surface area contributed by atoms with Gasteiger partial charge in [-0.15, -0.1) is 0 Å². The first-order valence-electron chi connectivity index (χ1n) is 5.93. The molecule has 17 heavy (non-hydrogen) atoms. The Morgan fingerprint density at radius 1 is 1.41 bits per heavy atom. The van der Waals surface area contributed by atoms with Crippen molar-refractivity contribution in [1.82, 2.24) is 0 Å².